The van der Waals surface area contributed by atoms with Crippen molar-refractivity contribution in [2.24, 2.45) is 0 Å². The van der Waals surface area contributed by atoms with E-state index in [2.05, 4.69) is 15.5 Å². The highest BCUT2D eigenvalue weighted by Gasteiger charge is 2.22. The Morgan fingerprint density at radius 1 is 1.43 bits per heavy atom. The zero-order chi connectivity index (χ0) is 15.2. The Labute approximate surface area is 124 Å². The average molecular weight is 290 g/mol. The lowest BCUT2D eigenvalue weighted by Crippen LogP contribution is -2.36. The second kappa shape index (κ2) is 7.08. The number of carbonyl (C=O) groups excluding carboxylic acids is 2. The van der Waals surface area contributed by atoms with Crippen molar-refractivity contribution in [3.63, 3.8) is 0 Å². The van der Waals surface area contributed by atoms with Gasteiger partial charge < -0.3 is 21.3 Å². The van der Waals surface area contributed by atoms with Gasteiger partial charge in [0.15, 0.2) is 0 Å². The molecule has 2 amide bonds. The summed E-state index contributed by atoms with van der Waals surface area (Å²) in [7, 11) is 0. The molecule has 6 heteroatoms. The highest BCUT2D eigenvalue weighted by molar-refractivity contribution is 5.91. The van der Waals surface area contributed by atoms with E-state index in [9.17, 15) is 9.59 Å². The maximum atomic E-state index is 11.9. The van der Waals surface area contributed by atoms with Crippen molar-refractivity contribution in [2.45, 2.75) is 25.8 Å². The molecule has 4 N–H and O–H groups in total. The molecule has 1 heterocycles. The summed E-state index contributed by atoms with van der Waals surface area (Å²) in [5.41, 5.74) is 7.02. The number of anilines is 2. The lowest BCUT2D eigenvalue weighted by Gasteiger charge is -2.16. The molecule has 0 bridgehead atoms. The number of likely N-dealkylation sites (tertiary alicyclic amines) is 1. The maximum Gasteiger partial charge on any atom is 0.225 e. The van der Waals surface area contributed by atoms with Crippen LogP contribution in [-0.2, 0) is 9.59 Å². The number of hydrogen-bond acceptors (Lipinski definition) is 4. The molecule has 6 nitrogen and oxygen atoms in total. The van der Waals surface area contributed by atoms with E-state index in [4.69, 9.17) is 5.73 Å². The molecule has 1 saturated heterocycles. The van der Waals surface area contributed by atoms with E-state index in [1.54, 1.807) is 12.1 Å². The van der Waals surface area contributed by atoms with Crippen LogP contribution in [0.3, 0.4) is 0 Å². The zero-order valence-corrected chi connectivity index (χ0v) is 12.3. The van der Waals surface area contributed by atoms with Gasteiger partial charge in [-0.1, -0.05) is 6.07 Å². The van der Waals surface area contributed by atoms with E-state index in [0.717, 1.165) is 25.2 Å². The van der Waals surface area contributed by atoms with Crippen molar-refractivity contribution < 1.29 is 9.59 Å². The van der Waals surface area contributed by atoms with Crippen molar-refractivity contribution >= 4 is 23.2 Å². The minimum Gasteiger partial charge on any atom is -0.399 e. The molecule has 21 heavy (non-hydrogen) atoms. The number of nitrogens with zero attached hydrogens (tertiary/aromatic N) is 1. The fraction of sp³-hybridized carbons (Fsp3) is 0.467. The Morgan fingerprint density at radius 3 is 2.95 bits per heavy atom. The first-order chi connectivity index (χ1) is 10.0. The summed E-state index contributed by atoms with van der Waals surface area (Å²) >= 11 is 0. The summed E-state index contributed by atoms with van der Waals surface area (Å²) < 4.78 is 0. The Hall–Kier alpha value is -2.08. The molecule has 0 radical (unpaired) electrons. The predicted octanol–water partition coefficient (Wildman–Crippen LogP) is 0.808. The normalized spacial score (nSPS) is 18.4. The number of nitrogen functional groups attached to an aromatic ring is 1. The van der Waals surface area contributed by atoms with Gasteiger partial charge in [-0.25, -0.2) is 0 Å². The number of carbonyl (C=O) groups is 2. The first kappa shape index (κ1) is 15.3. The predicted molar refractivity (Wildman–Crippen MR) is 82.8 cm³/mol. The summed E-state index contributed by atoms with van der Waals surface area (Å²) in [6.45, 7) is 3.95. The van der Waals surface area contributed by atoms with Crippen molar-refractivity contribution in [3.8, 4) is 0 Å². The molecule has 0 aliphatic carbocycles. The first-order valence-corrected chi connectivity index (χ1v) is 7.18. The largest absolute Gasteiger partial charge is 0.399 e. The molecule has 1 fully saturated rings. The van der Waals surface area contributed by atoms with Gasteiger partial charge >= 0.3 is 0 Å². The van der Waals surface area contributed by atoms with E-state index < -0.39 is 0 Å². The van der Waals surface area contributed by atoms with Gasteiger partial charge in [-0.2, -0.15) is 0 Å². The molecular formula is C15H22N4O2. The molecule has 0 aromatic heterocycles. The van der Waals surface area contributed by atoms with Crippen LogP contribution in [0.1, 0.15) is 19.8 Å². The number of rotatable bonds is 5. The van der Waals surface area contributed by atoms with Crippen molar-refractivity contribution in [1.82, 2.24) is 10.2 Å². The molecule has 1 aromatic carbocycles. The van der Waals surface area contributed by atoms with Crippen LogP contribution in [0.15, 0.2) is 24.3 Å². The highest BCUT2D eigenvalue weighted by Crippen LogP contribution is 2.13. The van der Waals surface area contributed by atoms with Crippen LogP contribution in [0, 0.1) is 0 Å². The Bertz CT molecular complexity index is 518. The second-order valence-corrected chi connectivity index (χ2v) is 5.41. The van der Waals surface area contributed by atoms with Gasteiger partial charge in [-0.3, -0.25) is 9.59 Å². The maximum absolute atomic E-state index is 11.9. The van der Waals surface area contributed by atoms with E-state index in [0.29, 0.717) is 18.7 Å². The van der Waals surface area contributed by atoms with Gasteiger partial charge in [0, 0.05) is 50.4 Å². The lowest BCUT2D eigenvalue weighted by molar-refractivity contribution is -0.119. The van der Waals surface area contributed by atoms with Gasteiger partial charge in [0.2, 0.25) is 11.8 Å². The van der Waals surface area contributed by atoms with Gasteiger partial charge in [0.25, 0.3) is 0 Å². The molecule has 114 valence electrons. The van der Waals surface area contributed by atoms with E-state index in [-0.39, 0.29) is 17.9 Å². The van der Waals surface area contributed by atoms with Gasteiger partial charge in [0.1, 0.15) is 0 Å². The van der Waals surface area contributed by atoms with E-state index in [1.165, 1.54) is 6.92 Å². The van der Waals surface area contributed by atoms with Crippen molar-refractivity contribution in [2.75, 3.05) is 30.7 Å². The molecular weight excluding hydrogens is 268 g/mol. The molecule has 1 aromatic rings. The van der Waals surface area contributed by atoms with Crippen LogP contribution < -0.4 is 16.4 Å². The third kappa shape index (κ3) is 5.07. The molecule has 0 spiro atoms. The minimum atomic E-state index is -0.0245. The number of nitrogens with one attached hydrogen (secondary N) is 2. The number of hydrogen-bond donors (Lipinski definition) is 3. The monoisotopic (exact) mass is 290 g/mol. The van der Waals surface area contributed by atoms with Gasteiger partial charge in [-0.05, 0) is 24.6 Å². The van der Waals surface area contributed by atoms with E-state index >= 15 is 0 Å². The zero-order valence-electron chi connectivity index (χ0n) is 12.3. The fourth-order valence-electron chi connectivity index (χ4n) is 2.54. The van der Waals surface area contributed by atoms with Crippen LogP contribution in [0.25, 0.3) is 0 Å². The Kier molecular flexibility index (Phi) is 5.16. The van der Waals surface area contributed by atoms with Crippen LogP contribution in [0.5, 0.6) is 0 Å². The Balaban J connectivity index is 1.71. The standard InChI is InChI=1S/C15H22N4O2/c1-11(20)17-14-5-7-19(10-14)8-6-15(21)18-13-4-2-3-12(16)9-13/h2-4,9,14H,5-8,10,16H2,1H3,(H,17,20)(H,18,21). The molecule has 1 aliphatic heterocycles. The Morgan fingerprint density at radius 2 is 2.24 bits per heavy atom. The molecule has 1 unspecified atom stereocenters. The summed E-state index contributed by atoms with van der Waals surface area (Å²) in [5, 5.41) is 5.75. The smallest absolute Gasteiger partial charge is 0.225 e. The summed E-state index contributed by atoms with van der Waals surface area (Å²) in [6.07, 6.45) is 1.37. The second-order valence-electron chi connectivity index (χ2n) is 5.41. The average Bonchev–Trinajstić information content (AvgIpc) is 2.83. The summed E-state index contributed by atoms with van der Waals surface area (Å²) in [4.78, 5) is 25.1. The molecule has 1 aliphatic rings. The van der Waals surface area contributed by atoms with Gasteiger partial charge in [-0.15, -0.1) is 0 Å². The van der Waals surface area contributed by atoms with Gasteiger partial charge in [0.05, 0.1) is 0 Å². The quantitative estimate of drug-likeness (QED) is 0.700. The van der Waals surface area contributed by atoms with Crippen LogP contribution in [-0.4, -0.2) is 42.4 Å². The van der Waals surface area contributed by atoms with Crippen LogP contribution in [0.2, 0.25) is 0 Å². The van der Waals surface area contributed by atoms with Crippen molar-refractivity contribution in [3.05, 3.63) is 24.3 Å². The number of nitrogens with two attached hydrogens (primary N) is 1. The number of amides is 2. The molecule has 2 rings (SSSR count). The lowest BCUT2D eigenvalue weighted by atomic mass is 10.2. The third-order valence-corrected chi connectivity index (χ3v) is 3.51. The highest BCUT2D eigenvalue weighted by atomic mass is 16.2. The van der Waals surface area contributed by atoms with Crippen molar-refractivity contribution in [1.29, 1.82) is 0 Å². The van der Waals surface area contributed by atoms with Crippen LogP contribution in [0.4, 0.5) is 11.4 Å². The van der Waals surface area contributed by atoms with Crippen LogP contribution >= 0.6 is 0 Å². The minimum absolute atomic E-state index is 0.00117. The first-order valence-electron chi connectivity index (χ1n) is 7.18. The SMILES string of the molecule is CC(=O)NC1CCN(CCC(=O)Nc2cccc(N)c2)C1. The molecule has 1 atom stereocenters. The summed E-state index contributed by atoms with van der Waals surface area (Å²) in [5.74, 6) is -0.0233. The topological polar surface area (TPSA) is 87.5 Å². The number of benzene rings is 1. The summed E-state index contributed by atoms with van der Waals surface area (Å²) in [6, 6.07) is 7.35. The molecule has 0 saturated carbocycles. The fourth-order valence-corrected chi connectivity index (χ4v) is 2.54. The third-order valence-electron chi connectivity index (χ3n) is 3.51. The van der Waals surface area contributed by atoms with E-state index in [1.807, 2.05) is 12.1 Å².